The van der Waals surface area contributed by atoms with Gasteiger partial charge in [-0.3, -0.25) is 14.7 Å². The van der Waals surface area contributed by atoms with E-state index in [9.17, 15) is 4.79 Å². The first kappa shape index (κ1) is 13.1. The second kappa shape index (κ2) is 5.55. The van der Waals surface area contributed by atoms with Crippen LogP contribution in [0.4, 0.5) is 10.6 Å². The summed E-state index contributed by atoms with van der Waals surface area (Å²) < 4.78 is 3.41. The Morgan fingerprint density at radius 2 is 2.32 bits per heavy atom. The Bertz CT molecular complexity index is 545. The molecule has 0 saturated heterocycles. The van der Waals surface area contributed by atoms with Gasteiger partial charge in [-0.1, -0.05) is 0 Å². The second-order valence-electron chi connectivity index (χ2n) is 4.52. The Hall–Kier alpha value is -2.31. The number of aromatic nitrogens is 4. The van der Waals surface area contributed by atoms with E-state index in [2.05, 4.69) is 20.8 Å². The van der Waals surface area contributed by atoms with Crippen molar-refractivity contribution in [3.8, 4) is 0 Å². The number of hydrogen-bond acceptors (Lipinski definition) is 3. The molecule has 2 amide bonds. The molecule has 0 saturated carbocycles. The van der Waals surface area contributed by atoms with Gasteiger partial charge in [-0.2, -0.15) is 10.2 Å². The van der Waals surface area contributed by atoms with Crippen LogP contribution in [0.15, 0.2) is 24.5 Å². The highest BCUT2D eigenvalue weighted by Gasteiger charge is 2.10. The predicted octanol–water partition coefficient (Wildman–Crippen LogP) is 1.14. The molecule has 0 aliphatic rings. The molecular formula is C12H18N6O. The van der Waals surface area contributed by atoms with Gasteiger partial charge >= 0.3 is 6.03 Å². The number of urea groups is 1. The van der Waals surface area contributed by atoms with Gasteiger partial charge in [0.1, 0.15) is 5.82 Å². The summed E-state index contributed by atoms with van der Waals surface area (Å²) >= 11 is 0. The first-order valence-electron chi connectivity index (χ1n) is 6.10. The SMILES string of the molecule is Cc1cc(NC(=O)N[C@H](C)Cn2cccn2)n(C)n1. The normalized spacial score (nSPS) is 12.2. The summed E-state index contributed by atoms with van der Waals surface area (Å²) in [5.74, 6) is 0.668. The summed E-state index contributed by atoms with van der Waals surface area (Å²) in [7, 11) is 1.79. The van der Waals surface area contributed by atoms with Crippen molar-refractivity contribution in [3.05, 3.63) is 30.2 Å². The van der Waals surface area contributed by atoms with E-state index in [0.717, 1.165) is 5.69 Å². The smallest absolute Gasteiger partial charge is 0.320 e. The Labute approximate surface area is 111 Å². The van der Waals surface area contributed by atoms with Gasteiger partial charge in [-0.25, -0.2) is 4.79 Å². The van der Waals surface area contributed by atoms with Crippen LogP contribution in [0, 0.1) is 6.92 Å². The largest absolute Gasteiger partial charge is 0.334 e. The first-order chi connectivity index (χ1) is 9.04. The molecule has 2 rings (SSSR count). The third-order valence-corrected chi connectivity index (χ3v) is 2.64. The number of rotatable bonds is 4. The average Bonchev–Trinajstić information content (AvgIpc) is 2.89. The van der Waals surface area contributed by atoms with Gasteiger partial charge in [0.2, 0.25) is 0 Å². The van der Waals surface area contributed by atoms with Crippen LogP contribution in [0.1, 0.15) is 12.6 Å². The van der Waals surface area contributed by atoms with Gasteiger partial charge < -0.3 is 5.32 Å². The van der Waals surface area contributed by atoms with Crippen LogP contribution >= 0.6 is 0 Å². The summed E-state index contributed by atoms with van der Waals surface area (Å²) in [5, 5.41) is 13.9. The molecule has 7 nitrogen and oxygen atoms in total. The van der Waals surface area contributed by atoms with Crippen LogP contribution < -0.4 is 10.6 Å². The van der Waals surface area contributed by atoms with Crippen molar-refractivity contribution >= 4 is 11.8 Å². The molecule has 0 aromatic carbocycles. The molecule has 0 unspecified atom stereocenters. The molecule has 0 spiro atoms. The van der Waals surface area contributed by atoms with E-state index in [-0.39, 0.29) is 12.1 Å². The zero-order valence-electron chi connectivity index (χ0n) is 11.3. The van der Waals surface area contributed by atoms with Crippen molar-refractivity contribution < 1.29 is 4.79 Å². The molecular weight excluding hydrogens is 244 g/mol. The predicted molar refractivity (Wildman–Crippen MR) is 71.8 cm³/mol. The summed E-state index contributed by atoms with van der Waals surface area (Å²) in [6.45, 7) is 4.43. The second-order valence-corrected chi connectivity index (χ2v) is 4.52. The number of anilines is 1. The van der Waals surface area contributed by atoms with Crippen molar-refractivity contribution in [2.24, 2.45) is 7.05 Å². The zero-order chi connectivity index (χ0) is 13.8. The maximum absolute atomic E-state index is 11.8. The fourth-order valence-electron chi connectivity index (χ4n) is 1.84. The molecule has 0 aliphatic heterocycles. The van der Waals surface area contributed by atoms with E-state index in [1.807, 2.05) is 32.2 Å². The van der Waals surface area contributed by atoms with Gasteiger partial charge in [0.15, 0.2) is 0 Å². The van der Waals surface area contributed by atoms with Crippen molar-refractivity contribution in [1.82, 2.24) is 24.9 Å². The molecule has 7 heteroatoms. The van der Waals surface area contributed by atoms with Crippen LogP contribution in [-0.4, -0.2) is 31.6 Å². The number of hydrogen-bond donors (Lipinski definition) is 2. The van der Waals surface area contributed by atoms with Gasteiger partial charge in [0.25, 0.3) is 0 Å². The van der Waals surface area contributed by atoms with Crippen LogP contribution in [0.5, 0.6) is 0 Å². The lowest BCUT2D eigenvalue weighted by Crippen LogP contribution is -2.39. The molecule has 2 aromatic heterocycles. The Kier molecular flexibility index (Phi) is 3.84. The average molecular weight is 262 g/mol. The molecule has 0 radical (unpaired) electrons. The lowest BCUT2D eigenvalue weighted by atomic mass is 10.3. The Morgan fingerprint density at radius 3 is 2.89 bits per heavy atom. The summed E-state index contributed by atoms with van der Waals surface area (Å²) in [5.41, 5.74) is 0.863. The van der Waals surface area contributed by atoms with Gasteiger partial charge in [-0.15, -0.1) is 0 Å². The van der Waals surface area contributed by atoms with Crippen molar-refractivity contribution in [1.29, 1.82) is 0 Å². The summed E-state index contributed by atoms with van der Waals surface area (Å²) in [6.07, 6.45) is 3.58. The monoisotopic (exact) mass is 262 g/mol. The van der Waals surface area contributed by atoms with Gasteiger partial charge in [-0.05, 0) is 19.9 Å². The molecule has 0 fully saturated rings. The van der Waals surface area contributed by atoms with Crippen molar-refractivity contribution in [2.45, 2.75) is 26.4 Å². The summed E-state index contributed by atoms with van der Waals surface area (Å²) in [6, 6.07) is 3.40. The maximum Gasteiger partial charge on any atom is 0.320 e. The lowest BCUT2D eigenvalue weighted by molar-refractivity contribution is 0.247. The number of nitrogens with zero attached hydrogens (tertiary/aromatic N) is 4. The molecule has 19 heavy (non-hydrogen) atoms. The van der Waals surface area contributed by atoms with Crippen LogP contribution in [-0.2, 0) is 13.6 Å². The molecule has 0 bridgehead atoms. The van der Waals surface area contributed by atoms with Crippen LogP contribution in [0.2, 0.25) is 0 Å². The van der Waals surface area contributed by atoms with E-state index in [0.29, 0.717) is 12.4 Å². The van der Waals surface area contributed by atoms with E-state index in [1.54, 1.807) is 22.6 Å². The number of nitrogens with one attached hydrogen (secondary N) is 2. The van der Waals surface area contributed by atoms with Crippen LogP contribution in [0.3, 0.4) is 0 Å². The topological polar surface area (TPSA) is 76.8 Å². The highest BCUT2D eigenvalue weighted by Crippen LogP contribution is 2.07. The molecule has 2 aromatic rings. The van der Waals surface area contributed by atoms with Crippen molar-refractivity contribution in [3.63, 3.8) is 0 Å². The fraction of sp³-hybridized carbons (Fsp3) is 0.417. The quantitative estimate of drug-likeness (QED) is 0.867. The van der Waals surface area contributed by atoms with Crippen LogP contribution in [0.25, 0.3) is 0 Å². The molecule has 2 N–H and O–H groups in total. The standard InChI is InChI=1S/C12H18N6O/c1-9-7-11(17(3)16-9)15-12(19)14-10(2)8-18-6-4-5-13-18/h4-7,10H,8H2,1-3H3,(H2,14,15,19)/t10-/m1/s1. The van der Waals surface area contributed by atoms with Gasteiger partial charge in [0.05, 0.1) is 12.2 Å². The number of amides is 2. The number of aryl methyl sites for hydroxylation is 2. The van der Waals surface area contributed by atoms with E-state index in [4.69, 9.17) is 0 Å². The molecule has 2 heterocycles. The molecule has 0 aliphatic carbocycles. The highest BCUT2D eigenvalue weighted by molar-refractivity contribution is 5.88. The Balaban J connectivity index is 1.85. The summed E-state index contributed by atoms with van der Waals surface area (Å²) in [4.78, 5) is 11.8. The number of carbonyl (C=O) groups is 1. The molecule has 1 atom stereocenters. The molecule has 102 valence electrons. The first-order valence-corrected chi connectivity index (χ1v) is 6.10. The Morgan fingerprint density at radius 1 is 1.53 bits per heavy atom. The number of carbonyl (C=O) groups excluding carboxylic acids is 1. The lowest BCUT2D eigenvalue weighted by Gasteiger charge is -2.14. The third kappa shape index (κ3) is 3.57. The minimum Gasteiger partial charge on any atom is -0.334 e. The third-order valence-electron chi connectivity index (χ3n) is 2.64. The van der Waals surface area contributed by atoms with E-state index in [1.165, 1.54) is 0 Å². The van der Waals surface area contributed by atoms with E-state index < -0.39 is 0 Å². The highest BCUT2D eigenvalue weighted by atomic mass is 16.2. The van der Waals surface area contributed by atoms with Crippen molar-refractivity contribution in [2.75, 3.05) is 5.32 Å². The van der Waals surface area contributed by atoms with Gasteiger partial charge in [0, 0.05) is 31.5 Å². The minimum absolute atomic E-state index is 0.0192. The zero-order valence-corrected chi connectivity index (χ0v) is 11.3. The minimum atomic E-state index is -0.248. The van der Waals surface area contributed by atoms with E-state index >= 15 is 0 Å². The maximum atomic E-state index is 11.8. The fourth-order valence-corrected chi connectivity index (χ4v) is 1.84.